The van der Waals surface area contributed by atoms with E-state index in [-0.39, 0.29) is 0 Å². The fourth-order valence-electron chi connectivity index (χ4n) is 2.11. The van der Waals surface area contributed by atoms with Gasteiger partial charge in [0.25, 0.3) is 0 Å². The molecule has 0 unspecified atom stereocenters. The van der Waals surface area contributed by atoms with E-state index in [2.05, 4.69) is 23.1 Å². The van der Waals surface area contributed by atoms with Gasteiger partial charge in [-0.3, -0.25) is 4.99 Å². The van der Waals surface area contributed by atoms with Crippen molar-refractivity contribution in [2.45, 2.75) is 17.7 Å². The number of thioether (sulfide) groups is 1. The summed E-state index contributed by atoms with van der Waals surface area (Å²) < 4.78 is 0. The Kier molecular flexibility index (Phi) is 2.74. The number of benzene rings is 1. The molecule has 18 heavy (non-hydrogen) atoms. The van der Waals surface area contributed by atoms with Crippen LogP contribution in [-0.2, 0) is 0 Å². The summed E-state index contributed by atoms with van der Waals surface area (Å²) in [7, 11) is 4.08. The second kappa shape index (κ2) is 4.28. The third kappa shape index (κ3) is 1.97. The van der Waals surface area contributed by atoms with E-state index in [1.54, 1.807) is 11.8 Å². The molecule has 2 aliphatic rings. The highest BCUT2D eigenvalue weighted by molar-refractivity contribution is 8.04. The standard InChI is InChI=1S/C14H15N3S/c1-17(2)10-4-6-12-14(8-10)18-13-7-9(15)3-5-11(13)16-12/h4,6-8,15H,3,5H2,1-2H3. The van der Waals surface area contributed by atoms with Crippen molar-refractivity contribution in [3.8, 4) is 0 Å². The van der Waals surface area contributed by atoms with E-state index in [9.17, 15) is 0 Å². The minimum absolute atomic E-state index is 0.712. The van der Waals surface area contributed by atoms with Gasteiger partial charge in [-0.15, -0.1) is 0 Å². The largest absolute Gasteiger partial charge is 0.378 e. The molecule has 3 nitrogen and oxygen atoms in total. The molecule has 0 saturated carbocycles. The van der Waals surface area contributed by atoms with E-state index in [4.69, 9.17) is 10.4 Å². The van der Waals surface area contributed by atoms with Crippen molar-refractivity contribution >= 4 is 34.6 Å². The average Bonchev–Trinajstić information content (AvgIpc) is 2.35. The van der Waals surface area contributed by atoms with E-state index in [0.717, 1.165) is 29.1 Å². The molecule has 0 atom stereocenters. The summed E-state index contributed by atoms with van der Waals surface area (Å²) in [6.45, 7) is 0. The SMILES string of the molecule is CN(C)c1ccc2c(c1)SC1=CC(=N)CCC1=N2. The van der Waals surface area contributed by atoms with Crippen LogP contribution >= 0.6 is 11.8 Å². The molecule has 3 rings (SSSR count). The molecule has 1 aliphatic heterocycles. The molecule has 1 aliphatic carbocycles. The average molecular weight is 257 g/mol. The highest BCUT2D eigenvalue weighted by Gasteiger charge is 2.22. The van der Waals surface area contributed by atoms with Crippen LogP contribution in [0.25, 0.3) is 0 Å². The van der Waals surface area contributed by atoms with E-state index in [1.165, 1.54) is 10.6 Å². The van der Waals surface area contributed by atoms with Gasteiger partial charge >= 0.3 is 0 Å². The zero-order valence-electron chi connectivity index (χ0n) is 10.5. The maximum Gasteiger partial charge on any atom is 0.0774 e. The Bertz CT molecular complexity index is 585. The molecule has 0 radical (unpaired) electrons. The number of aliphatic imine (C=N–C) groups is 1. The molecule has 1 N–H and O–H groups in total. The van der Waals surface area contributed by atoms with Crippen molar-refractivity contribution in [3.05, 3.63) is 29.2 Å². The Hall–Kier alpha value is -1.55. The first kappa shape index (κ1) is 11.5. The van der Waals surface area contributed by atoms with Gasteiger partial charge in [-0.2, -0.15) is 0 Å². The van der Waals surface area contributed by atoms with Crippen molar-refractivity contribution in [2.24, 2.45) is 4.99 Å². The maximum absolute atomic E-state index is 7.75. The molecule has 1 heterocycles. The number of rotatable bonds is 1. The summed E-state index contributed by atoms with van der Waals surface area (Å²) in [5.41, 5.74) is 4.10. The van der Waals surface area contributed by atoms with E-state index in [1.807, 2.05) is 20.2 Å². The molecule has 1 aromatic carbocycles. The number of nitrogens with zero attached hydrogens (tertiary/aromatic N) is 2. The molecular weight excluding hydrogens is 242 g/mol. The molecule has 4 heteroatoms. The molecule has 0 amide bonds. The minimum Gasteiger partial charge on any atom is -0.378 e. The molecule has 0 spiro atoms. The Morgan fingerprint density at radius 3 is 2.89 bits per heavy atom. The number of allylic oxidation sites excluding steroid dienone is 2. The van der Waals surface area contributed by atoms with Crippen LogP contribution in [0, 0.1) is 5.41 Å². The normalized spacial score (nSPS) is 17.6. The van der Waals surface area contributed by atoms with Crippen LogP contribution in [0.2, 0.25) is 0 Å². The van der Waals surface area contributed by atoms with E-state index >= 15 is 0 Å². The smallest absolute Gasteiger partial charge is 0.0774 e. The lowest BCUT2D eigenvalue weighted by atomic mass is 10.0. The van der Waals surface area contributed by atoms with Crippen molar-refractivity contribution in [1.29, 1.82) is 5.41 Å². The van der Waals surface area contributed by atoms with E-state index in [0.29, 0.717) is 5.71 Å². The quantitative estimate of drug-likeness (QED) is 0.834. The number of anilines is 1. The third-order valence-electron chi connectivity index (χ3n) is 3.16. The van der Waals surface area contributed by atoms with Gasteiger partial charge in [0.2, 0.25) is 0 Å². The summed E-state index contributed by atoms with van der Waals surface area (Å²) in [5, 5.41) is 7.75. The van der Waals surface area contributed by atoms with Gasteiger partial charge in [0.05, 0.1) is 11.4 Å². The molecule has 1 aromatic rings. The summed E-state index contributed by atoms with van der Waals surface area (Å²) >= 11 is 1.74. The molecule has 0 bridgehead atoms. The van der Waals surface area contributed by atoms with Gasteiger partial charge in [0.1, 0.15) is 0 Å². The number of nitrogens with one attached hydrogen (secondary N) is 1. The lowest BCUT2D eigenvalue weighted by Gasteiger charge is -2.23. The summed E-state index contributed by atoms with van der Waals surface area (Å²) in [6.07, 6.45) is 3.67. The van der Waals surface area contributed by atoms with Crippen molar-refractivity contribution in [2.75, 3.05) is 19.0 Å². The molecule has 92 valence electrons. The lowest BCUT2D eigenvalue weighted by Crippen LogP contribution is -2.13. The van der Waals surface area contributed by atoms with Crippen LogP contribution in [0.15, 0.2) is 39.1 Å². The summed E-state index contributed by atoms with van der Waals surface area (Å²) in [5.74, 6) is 0. The summed E-state index contributed by atoms with van der Waals surface area (Å²) in [6, 6.07) is 6.35. The fraction of sp³-hybridized carbons (Fsp3) is 0.286. The monoisotopic (exact) mass is 257 g/mol. The van der Waals surface area contributed by atoms with Crippen LogP contribution in [0.3, 0.4) is 0 Å². The van der Waals surface area contributed by atoms with E-state index < -0.39 is 0 Å². The third-order valence-corrected chi connectivity index (χ3v) is 4.28. The van der Waals surface area contributed by atoms with Crippen LogP contribution < -0.4 is 4.90 Å². The van der Waals surface area contributed by atoms with Gasteiger partial charge in [-0.05, 0) is 37.1 Å². The van der Waals surface area contributed by atoms with Crippen LogP contribution in [0.5, 0.6) is 0 Å². The van der Waals surface area contributed by atoms with Crippen molar-refractivity contribution in [1.82, 2.24) is 0 Å². The van der Waals surface area contributed by atoms with Crippen molar-refractivity contribution in [3.63, 3.8) is 0 Å². The minimum atomic E-state index is 0.712. The van der Waals surface area contributed by atoms with Gasteiger partial charge in [0, 0.05) is 35.3 Å². The molecule has 0 fully saturated rings. The molecule has 0 aromatic heterocycles. The van der Waals surface area contributed by atoms with Crippen LogP contribution in [0.1, 0.15) is 12.8 Å². The van der Waals surface area contributed by atoms with Gasteiger partial charge in [0.15, 0.2) is 0 Å². The van der Waals surface area contributed by atoms with Gasteiger partial charge in [-0.1, -0.05) is 11.8 Å². The topological polar surface area (TPSA) is 39.5 Å². The Morgan fingerprint density at radius 1 is 1.28 bits per heavy atom. The highest BCUT2D eigenvalue weighted by atomic mass is 32.2. The summed E-state index contributed by atoms with van der Waals surface area (Å²) in [4.78, 5) is 9.14. The number of hydrogen-bond acceptors (Lipinski definition) is 4. The highest BCUT2D eigenvalue weighted by Crippen LogP contribution is 2.43. The van der Waals surface area contributed by atoms with Crippen molar-refractivity contribution < 1.29 is 0 Å². The number of hydrogen-bond donors (Lipinski definition) is 1. The predicted octanol–water partition coefficient (Wildman–Crippen LogP) is 3.63. The zero-order chi connectivity index (χ0) is 12.7. The first-order chi connectivity index (χ1) is 8.63. The molecule has 0 saturated heterocycles. The van der Waals surface area contributed by atoms with Gasteiger partial charge < -0.3 is 10.3 Å². The maximum atomic E-state index is 7.75. The predicted molar refractivity (Wildman–Crippen MR) is 78.8 cm³/mol. The Labute approximate surface area is 111 Å². The Balaban J connectivity index is 2.05. The fourth-order valence-corrected chi connectivity index (χ4v) is 3.21. The number of fused-ring (bicyclic) bond motifs is 2. The lowest BCUT2D eigenvalue weighted by molar-refractivity contribution is 1.10. The zero-order valence-corrected chi connectivity index (χ0v) is 11.3. The molecular formula is C14H15N3S. The van der Waals surface area contributed by atoms with Gasteiger partial charge in [-0.25, -0.2) is 0 Å². The second-order valence-electron chi connectivity index (χ2n) is 4.74. The first-order valence-corrected chi connectivity index (χ1v) is 6.81. The van der Waals surface area contributed by atoms with Crippen LogP contribution in [-0.4, -0.2) is 25.5 Å². The second-order valence-corrected chi connectivity index (χ2v) is 5.82. The Morgan fingerprint density at radius 2 is 2.11 bits per heavy atom. The van der Waals surface area contributed by atoms with Crippen LogP contribution in [0.4, 0.5) is 11.4 Å². The first-order valence-electron chi connectivity index (χ1n) is 6.00.